The molecular formula is C16H25N3O2. The van der Waals surface area contributed by atoms with E-state index in [2.05, 4.69) is 10.3 Å². The van der Waals surface area contributed by atoms with Crippen LogP contribution in [-0.4, -0.2) is 34.7 Å². The molecule has 5 nitrogen and oxygen atoms in total. The van der Waals surface area contributed by atoms with E-state index in [1.165, 1.54) is 25.7 Å². The highest BCUT2D eigenvalue weighted by Crippen LogP contribution is 2.47. The first-order chi connectivity index (χ1) is 10.3. The van der Waals surface area contributed by atoms with E-state index in [0.29, 0.717) is 6.10 Å². The summed E-state index contributed by atoms with van der Waals surface area (Å²) in [6.07, 6.45) is 13.8. The second kappa shape index (κ2) is 6.60. The van der Waals surface area contributed by atoms with Gasteiger partial charge in [0.05, 0.1) is 17.8 Å². The van der Waals surface area contributed by atoms with Crippen LogP contribution in [0.3, 0.4) is 0 Å². The first kappa shape index (κ1) is 14.6. The minimum atomic E-state index is -0.187. The van der Waals surface area contributed by atoms with Gasteiger partial charge in [0.1, 0.15) is 0 Å². The maximum Gasteiger partial charge on any atom is 0.228 e. The first-order valence-corrected chi connectivity index (χ1v) is 8.14. The molecule has 0 spiro atoms. The Morgan fingerprint density at radius 3 is 2.86 bits per heavy atom. The summed E-state index contributed by atoms with van der Waals surface area (Å²) < 4.78 is 7.80. The highest BCUT2D eigenvalue weighted by molar-refractivity contribution is 5.85. The second-order valence-electron chi connectivity index (χ2n) is 6.40. The van der Waals surface area contributed by atoms with E-state index in [1.807, 2.05) is 10.8 Å². The third-order valence-corrected chi connectivity index (χ3v) is 4.64. The average Bonchev–Trinajstić information content (AvgIpc) is 2.91. The summed E-state index contributed by atoms with van der Waals surface area (Å²) in [4.78, 5) is 16.3. The van der Waals surface area contributed by atoms with Gasteiger partial charge in [-0.05, 0) is 32.1 Å². The number of ether oxygens (including phenoxy) is 1. The van der Waals surface area contributed by atoms with Gasteiger partial charge < -0.3 is 14.6 Å². The SMILES string of the molecule is O=C(NCCCOC1CCCC1)C1(Cn2ccnc2)CC1. The molecule has 2 fully saturated rings. The van der Waals surface area contributed by atoms with Crippen molar-refractivity contribution >= 4 is 5.91 Å². The van der Waals surface area contributed by atoms with E-state index in [-0.39, 0.29) is 11.3 Å². The van der Waals surface area contributed by atoms with Gasteiger partial charge in [0.25, 0.3) is 0 Å². The molecule has 0 saturated heterocycles. The fraction of sp³-hybridized carbons (Fsp3) is 0.750. The number of imidazole rings is 1. The van der Waals surface area contributed by atoms with Gasteiger partial charge in [-0.25, -0.2) is 4.98 Å². The molecule has 1 aromatic heterocycles. The van der Waals surface area contributed by atoms with Crippen molar-refractivity contribution in [3.8, 4) is 0 Å². The highest BCUT2D eigenvalue weighted by Gasteiger charge is 2.49. The standard InChI is InChI=1S/C16H25N3O2/c20-15(16(6-7-16)12-19-10-9-17-13-19)18-8-3-11-21-14-4-1-2-5-14/h9-10,13-14H,1-8,11-12H2,(H,18,20). The van der Waals surface area contributed by atoms with Crippen molar-refractivity contribution in [3.63, 3.8) is 0 Å². The predicted molar refractivity (Wildman–Crippen MR) is 79.7 cm³/mol. The number of hydrogen-bond donors (Lipinski definition) is 1. The van der Waals surface area contributed by atoms with Crippen molar-refractivity contribution in [1.82, 2.24) is 14.9 Å². The van der Waals surface area contributed by atoms with Crippen molar-refractivity contribution in [2.24, 2.45) is 5.41 Å². The van der Waals surface area contributed by atoms with Crippen LogP contribution in [0.4, 0.5) is 0 Å². The summed E-state index contributed by atoms with van der Waals surface area (Å²) in [7, 11) is 0. The van der Waals surface area contributed by atoms with Crippen LogP contribution in [0.25, 0.3) is 0 Å². The Morgan fingerprint density at radius 2 is 2.19 bits per heavy atom. The molecule has 0 atom stereocenters. The smallest absolute Gasteiger partial charge is 0.228 e. The number of amides is 1. The summed E-state index contributed by atoms with van der Waals surface area (Å²) in [5, 5.41) is 3.07. The lowest BCUT2D eigenvalue weighted by Gasteiger charge is -2.16. The van der Waals surface area contributed by atoms with Gasteiger partial charge in [0.2, 0.25) is 5.91 Å². The Labute approximate surface area is 126 Å². The van der Waals surface area contributed by atoms with E-state index >= 15 is 0 Å². The Bertz CT molecular complexity index is 448. The quantitative estimate of drug-likeness (QED) is 0.747. The average molecular weight is 291 g/mol. The van der Waals surface area contributed by atoms with E-state index in [9.17, 15) is 4.79 Å². The number of hydrogen-bond acceptors (Lipinski definition) is 3. The fourth-order valence-electron chi connectivity index (χ4n) is 3.10. The minimum absolute atomic E-state index is 0.187. The topological polar surface area (TPSA) is 56.1 Å². The van der Waals surface area contributed by atoms with Gasteiger partial charge in [-0.2, -0.15) is 0 Å². The summed E-state index contributed by atoms with van der Waals surface area (Å²) in [5.41, 5.74) is -0.187. The molecule has 116 valence electrons. The van der Waals surface area contributed by atoms with Crippen LogP contribution in [0.15, 0.2) is 18.7 Å². The summed E-state index contributed by atoms with van der Waals surface area (Å²) >= 11 is 0. The van der Waals surface area contributed by atoms with Crippen LogP contribution in [0, 0.1) is 5.41 Å². The number of aromatic nitrogens is 2. The second-order valence-corrected chi connectivity index (χ2v) is 6.40. The largest absolute Gasteiger partial charge is 0.378 e. The van der Waals surface area contributed by atoms with Gasteiger partial charge in [-0.3, -0.25) is 4.79 Å². The molecule has 1 aromatic rings. The van der Waals surface area contributed by atoms with E-state index < -0.39 is 0 Å². The first-order valence-electron chi connectivity index (χ1n) is 8.14. The van der Waals surface area contributed by atoms with Crippen LogP contribution in [0.5, 0.6) is 0 Å². The van der Waals surface area contributed by atoms with Crippen LogP contribution in [0.1, 0.15) is 44.9 Å². The number of carbonyl (C=O) groups excluding carboxylic acids is 1. The summed E-state index contributed by atoms with van der Waals surface area (Å²) in [5.74, 6) is 0.192. The summed E-state index contributed by atoms with van der Waals surface area (Å²) in [6, 6.07) is 0. The minimum Gasteiger partial charge on any atom is -0.378 e. The van der Waals surface area contributed by atoms with Crippen LogP contribution < -0.4 is 5.32 Å². The van der Waals surface area contributed by atoms with E-state index in [0.717, 1.165) is 39.0 Å². The lowest BCUT2D eigenvalue weighted by Crippen LogP contribution is -2.35. The van der Waals surface area contributed by atoms with Crippen LogP contribution in [-0.2, 0) is 16.1 Å². The lowest BCUT2D eigenvalue weighted by molar-refractivity contribution is -0.126. The number of nitrogens with one attached hydrogen (secondary N) is 1. The summed E-state index contributed by atoms with van der Waals surface area (Å²) in [6.45, 7) is 2.23. The Hall–Kier alpha value is -1.36. The lowest BCUT2D eigenvalue weighted by atomic mass is 10.1. The van der Waals surface area contributed by atoms with Gasteiger partial charge in [0, 0.05) is 32.1 Å². The van der Waals surface area contributed by atoms with Crippen molar-refractivity contribution in [3.05, 3.63) is 18.7 Å². The Balaban J connectivity index is 1.32. The van der Waals surface area contributed by atoms with Crippen LogP contribution in [0.2, 0.25) is 0 Å². The molecule has 0 aromatic carbocycles. The molecule has 2 aliphatic rings. The maximum atomic E-state index is 12.3. The van der Waals surface area contributed by atoms with E-state index in [4.69, 9.17) is 4.74 Å². The molecule has 1 amide bonds. The zero-order valence-electron chi connectivity index (χ0n) is 12.6. The molecule has 2 aliphatic carbocycles. The molecular weight excluding hydrogens is 266 g/mol. The highest BCUT2D eigenvalue weighted by atomic mass is 16.5. The molecule has 0 bridgehead atoms. The van der Waals surface area contributed by atoms with Crippen molar-refractivity contribution in [1.29, 1.82) is 0 Å². The maximum absolute atomic E-state index is 12.3. The zero-order chi connectivity index (χ0) is 14.5. The Kier molecular flexibility index (Phi) is 4.58. The number of rotatable bonds is 8. The molecule has 0 aliphatic heterocycles. The molecule has 1 heterocycles. The molecule has 1 N–H and O–H groups in total. The predicted octanol–water partition coefficient (Wildman–Crippen LogP) is 2.13. The van der Waals surface area contributed by atoms with Crippen molar-refractivity contribution in [2.45, 2.75) is 57.6 Å². The number of nitrogens with zero attached hydrogens (tertiary/aromatic N) is 2. The van der Waals surface area contributed by atoms with Crippen molar-refractivity contribution < 1.29 is 9.53 Å². The number of carbonyl (C=O) groups is 1. The third kappa shape index (κ3) is 3.84. The monoisotopic (exact) mass is 291 g/mol. The molecule has 5 heteroatoms. The van der Waals surface area contributed by atoms with E-state index in [1.54, 1.807) is 12.5 Å². The van der Waals surface area contributed by atoms with Gasteiger partial charge in [0.15, 0.2) is 0 Å². The van der Waals surface area contributed by atoms with Crippen LogP contribution >= 0.6 is 0 Å². The normalized spacial score (nSPS) is 20.6. The third-order valence-electron chi connectivity index (χ3n) is 4.64. The molecule has 21 heavy (non-hydrogen) atoms. The fourth-order valence-corrected chi connectivity index (χ4v) is 3.10. The Morgan fingerprint density at radius 1 is 1.38 bits per heavy atom. The molecule has 3 rings (SSSR count). The molecule has 2 saturated carbocycles. The van der Waals surface area contributed by atoms with Gasteiger partial charge >= 0.3 is 0 Å². The molecule has 0 unspecified atom stereocenters. The molecule has 0 radical (unpaired) electrons. The van der Waals surface area contributed by atoms with Gasteiger partial charge in [-0.15, -0.1) is 0 Å². The van der Waals surface area contributed by atoms with Crippen molar-refractivity contribution in [2.75, 3.05) is 13.2 Å². The van der Waals surface area contributed by atoms with Gasteiger partial charge in [-0.1, -0.05) is 12.8 Å². The zero-order valence-corrected chi connectivity index (χ0v) is 12.6.